The van der Waals surface area contributed by atoms with Gasteiger partial charge in [0.05, 0.1) is 0 Å². The van der Waals surface area contributed by atoms with Crippen LogP contribution in [0, 0.1) is 25.2 Å². The number of allylic oxidation sites excluding steroid dienone is 1. The smallest absolute Gasteiger partial charge is 0.0322 e. The van der Waals surface area contributed by atoms with Gasteiger partial charge in [0.1, 0.15) is 0 Å². The van der Waals surface area contributed by atoms with E-state index in [1.54, 1.807) is 0 Å². The van der Waals surface area contributed by atoms with Crippen molar-refractivity contribution in [2.45, 2.75) is 87.0 Å². The van der Waals surface area contributed by atoms with E-state index in [1.807, 2.05) is 6.07 Å². The molecule has 0 saturated heterocycles. The second kappa shape index (κ2) is 14.1. The molecule has 0 bridgehead atoms. The van der Waals surface area contributed by atoms with Crippen molar-refractivity contribution in [3.05, 3.63) is 130 Å². The lowest BCUT2D eigenvalue weighted by molar-refractivity contribution is 0.164. The molecule has 0 aliphatic heterocycles. The van der Waals surface area contributed by atoms with Crippen LogP contribution in [-0.4, -0.2) is 0 Å². The summed E-state index contributed by atoms with van der Waals surface area (Å²) in [5.41, 5.74) is 17.7. The molecule has 4 aromatic rings. The Morgan fingerprint density at radius 1 is 0.714 bits per heavy atom. The topological polar surface area (TPSA) is 26.0 Å². The predicted octanol–water partition coefficient (Wildman–Crippen LogP) is 11.6. The first-order valence-corrected chi connectivity index (χ1v) is 15.6. The zero-order valence-electron chi connectivity index (χ0n) is 27.8. The number of nitrogens with two attached hydrogens (primary N) is 1. The molecule has 0 aliphatic rings. The van der Waals surface area contributed by atoms with Crippen LogP contribution >= 0.6 is 0 Å². The van der Waals surface area contributed by atoms with Gasteiger partial charge in [-0.1, -0.05) is 146 Å². The third-order valence-electron chi connectivity index (χ3n) is 9.46. The second-order valence-corrected chi connectivity index (χ2v) is 13.1. The Kier molecular flexibility index (Phi) is 11.0. The largest absolute Gasteiger partial charge is 0.399 e. The average molecular weight is 560 g/mol. The molecule has 0 spiro atoms. The van der Waals surface area contributed by atoms with Gasteiger partial charge in [0.2, 0.25) is 0 Å². The van der Waals surface area contributed by atoms with Crippen molar-refractivity contribution in [3.63, 3.8) is 0 Å². The van der Waals surface area contributed by atoms with Gasteiger partial charge in [0, 0.05) is 5.69 Å². The minimum Gasteiger partial charge on any atom is -0.399 e. The monoisotopic (exact) mass is 559 g/mol. The third kappa shape index (κ3) is 7.43. The Balaban J connectivity index is 0.000000287. The third-order valence-corrected chi connectivity index (χ3v) is 9.46. The Hall–Kier alpha value is -3.58. The highest BCUT2D eigenvalue weighted by Gasteiger charge is 2.43. The van der Waals surface area contributed by atoms with Crippen LogP contribution in [-0.2, 0) is 11.8 Å². The Morgan fingerprint density at radius 3 is 1.83 bits per heavy atom. The second-order valence-electron chi connectivity index (χ2n) is 13.1. The van der Waals surface area contributed by atoms with Crippen LogP contribution in [0.2, 0.25) is 0 Å². The van der Waals surface area contributed by atoms with Gasteiger partial charge in [-0.2, -0.15) is 0 Å². The van der Waals surface area contributed by atoms with Crippen molar-refractivity contribution in [1.29, 1.82) is 0 Å². The molecule has 1 nitrogen and oxygen atoms in total. The highest BCUT2D eigenvalue weighted by atomic mass is 14.5. The minimum atomic E-state index is -0.00806. The zero-order valence-corrected chi connectivity index (χ0v) is 27.8. The van der Waals surface area contributed by atoms with E-state index in [2.05, 4.69) is 166 Å². The Labute approximate surface area is 256 Å². The van der Waals surface area contributed by atoms with Gasteiger partial charge in [-0.3, -0.25) is 0 Å². The van der Waals surface area contributed by atoms with Crippen molar-refractivity contribution < 1.29 is 0 Å². The van der Waals surface area contributed by atoms with Crippen LogP contribution in [0.4, 0.5) is 5.69 Å². The van der Waals surface area contributed by atoms with Crippen molar-refractivity contribution in [3.8, 4) is 11.1 Å². The molecule has 0 saturated carbocycles. The number of benzene rings is 4. The Bertz CT molecular complexity index is 1450. The fourth-order valence-electron chi connectivity index (χ4n) is 6.29. The van der Waals surface area contributed by atoms with E-state index in [9.17, 15) is 0 Å². The molecule has 0 aliphatic carbocycles. The molecule has 222 valence electrons. The molecule has 0 aromatic heterocycles. The van der Waals surface area contributed by atoms with Crippen molar-refractivity contribution in [1.82, 2.24) is 0 Å². The lowest BCUT2D eigenvalue weighted by atomic mass is 9.57. The van der Waals surface area contributed by atoms with Crippen LogP contribution in [0.25, 0.3) is 17.2 Å². The molecule has 0 fully saturated rings. The van der Waals surface area contributed by atoms with E-state index in [1.165, 1.54) is 44.5 Å². The van der Waals surface area contributed by atoms with E-state index in [0.717, 1.165) is 12.1 Å². The summed E-state index contributed by atoms with van der Waals surface area (Å²) in [6, 6.07) is 32.2. The number of hydrogen-bond acceptors (Lipinski definition) is 1. The summed E-state index contributed by atoms with van der Waals surface area (Å²) in [4.78, 5) is 0. The van der Waals surface area contributed by atoms with Gasteiger partial charge in [0.15, 0.2) is 0 Å². The summed E-state index contributed by atoms with van der Waals surface area (Å²) in [6.07, 6.45) is 5.86. The van der Waals surface area contributed by atoms with Crippen LogP contribution in [0.3, 0.4) is 0 Å². The van der Waals surface area contributed by atoms with Gasteiger partial charge < -0.3 is 5.73 Å². The fourth-order valence-corrected chi connectivity index (χ4v) is 6.29. The molecule has 1 heteroatoms. The van der Waals surface area contributed by atoms with Gasteiger partial charge in [-0.15, -0.1) is 0 Å². The average Bonchev–Trinajstić information content (AvgIpc) is 2.96. The van der Waals surface area contributed by atoms with E-state index in [0.29, 0.717) is 11.8 Å². The number of anilines is 1. The van der Waals surface area contributed by atoms with E-state index in [-0.39, 0.29) is 10.8 Å². The van der Waals surface area contributed by atoms with E-state index >= 15 is 0 Å². The lowest BCUT2D eigenvalue weighted by Gasteiger charge is -2.47. The summed E-state index contributed by atoms with van der Waals surface area (Å²) in [6.45, 7) is 22.9. The first-order chi connectivity index (χ1) is 19.8. The predicted molar refractivity (Wildman–Crippen MR) is 187 cm³/mol. The molecule has 0 radical (unpaired) electrons. The number of aryl methyl sites for hydroxylation is 3. The van der Waals surface area contributed by atoms with E-state index in [4.69, 9.17) is 5.73 Å². The Morgan fingerprint density at radius 2 is 1.29 bits per heavy atom. The molecule has 1 unspecified atom stereocenters. The molecular formula is C41H53N. The number of hydrogen-bond donors (Lipinski definition) is 1. The highest BCUT2D eigenvalue weighted by Crippen LogP contribution is 2.49. The normalized spacial score (nSPS) is 13.2. The molecule has 4 rings (SSSR count). The molecule has 0 amide bonds. The molecule has 2 N–H and O–H groups in total. The van der Waals surface area contributed by atoms with Crippen LogP contribution in [0.15, 0.2) is 97.1 Å². The van der Waals surface area contributed by atoms with Gasteiger partial charge in [0.25, 0.3) is 0 Å². The maximum Gasteiger partial charge on any atom is 0.0322 e. The molecule has 0 heterocycles. The molecular weight excluding hydrogens is 506 g/mol. The summed E-state index contributed by atoms with van der Waals surface area (Å²) >= 11 is 0. The van der Waals surface area contributed by atoms with Crippen LogP contribution < -0.4 is 5.73 Å². The van der Waals surface area contributed by atoms with Crippen LogP contribution in [0.1, 0.15) is 94.7 Å². The first kappa shape index (κ1) is 32.9. The fraction of sp³-hybridized carbons (Fsp3) is 0.366. The standard InChI is InChI=1S/C27H39N.C14H14/c1-18(2)25-21(6)16-23(28)17-22(25)14-15-27(9,19(3)4)26(7,8)24-13-11-10-12-20(24)5;1-2-12-8-10-14(11-9-12)13-6-4-3-5-7-13/h10-19H,28H2,1-9H3;3-11H,2H2,1H3/b15-14-;. The van der Waals surface area contributed by atoms with Crippen LogP contribution in [0.5, 0.6) is 0 Å². The summed E-state index contributed by atoms with van der Waals surface area (Å²) < 4.78 is 0. The van der Waals surface area contributed by atoms with Gasteiger partial charge in [-0.05, 0) is 99.6 Å². The van der Waals surface area contributed by atoms with Crippen molar-refractivity contribution in [2.75, 3.05) is 5.73 Å². The quantitative estimate of drug-likeness (QED) is 0.213. The first-order valence-electron chi connectivity index (χ1n) is 15.6. The lowest BCUT2D eigenvalue weighted by Crippen LogP contribution is -2.42. The molecule has 1 atom stereocenters. The molecule has 4 aromatic carbocycles. The number of rotatable bonds is 8. The van der Waals surface area contributed by atoms with Crippen molar-refractivity contribution >= 4 is 11.8 Å². The summed E-state index contributed by atoms with van der Waals surface area (Å²) in [5.74, 6) is 0.956. The van der Waals surface area contributed by atoms with E-state index < -0.39 is 0 Å². The zero-order chi connectivity index (χ0) is 31.1. The minimum absolute atomic E-state index is 0.00360. The maximum atomic E-state index is 6.19. The molecule has 42 heavy (non-hydrogen) atoms. The SMILES string of the molecule is CCc1ccc(-c2ccccc2)cc1.Cc1ccccc1C(C)(C)C(C)(/C=C\c1cc(N)cc(C)c1C(C)C)C(C)C. The summed E-state index contributed by atoms with van der Waals surface area (Å²) in [5, 5.41) is 0. The summed E-state index contributed by atoms with van der Waals surface area (Å²) in [7, 11) is 0. The number of nitrogen functional groups attached to an aromatic ring is 1. The highest BCUT2D eigenvalue weighted by molar-refractivity contribution is 5.64. The maximum absolute atomic E-state index is 6.19. The van der Waals surface area contributed by atoms with Gasteiger partial charge in [-0.25, -0.2) is 0 Å². The van der Waals surface area contributed by atoms with Crippen molar-refractivity contribution in [2.24, 2.45) is 11.3 Å². The van der Waals surface area contributed by atoms with Gasteiger partial charge >= 0.3 is 0 Å².